The van der Waals surface area contributed by atoms with Gasteiger partial charge in [-0.3, -0.25) is 4.79 Å². The third-order valence-electron chi connectivity index (χ3n) is 1.09. The van der Waals surface area contributed by atoms with E-state index in [-0.39, 0.29) is 5.91 Å². The van der Waals surface area contributed by atoms with Gasteiger partial charge in [0, 0.05) is 13.0 Å². The molecule has 0 atom stereocenters. The van der Waals surface area contributed by atoms with Crippen LogP contribution in [0.25, 0.3) is 0 Å². The summed E-state index contributed by atoms with van der Waals surface area (Å²) in [7, 11) is 0. The van der Waals surface area contributed by atoms with Crippen LogP contribution in [0.2, 0.25) is 0 Å². The summed E-state index contributed by atoms with van der Waals surface area (Å²) in [5, 5.41) is 0. The van der Waals surface area contributed by atoms with Crippen LogP contribution in [0.3, 0.4) is 0 Å². The number of amides is 1. The molecule has 0 aromatic rings. The highest BCUT2D eigenvalue weighted by atomic mass is 79.9. The number of β-lactam (4-membered cyclic amide) rings is 1. The molecule has 1 rings (SSSR count). The van der Waals surface area contributed by atoms with Gasteiger partial charge < -0.3 is 4.90 Å². The Morgan fingerprint density at radius 3 is 2.57 bits per heavy atom. The third-order valence-corrected chi connectivity index (χ3v) is 1.70. The zero-order valence-electron chi connectivity index (χ0n) is 3.85. The minimum Gasteiger partial charge on any atom is -0.332 e. The van der Waals surface area contributed by atoms with Crippen molar-refractivity contribution in [2.24, 2.45) is 0 Å². The minimum absolute atomic E-state index is 0.261. The highest BCUT2D eigenvalue weighted by Gasteiger charge is 2.21. The third kappa shape index (κ3) is 0.774. The topological polar surface area (TPSA) is 20.3 Å². The summed E-state index contributed by atoms with van der Waals surface area (Å²) in [6.07, 6.45) is 0.742. The molecule has 2 nitrogen and oxygen atoms in total. The van der Waals surface area contributed by atoms with Crippen LogP contribution < -0.4 is 0 Å². The van der Waals surface area contributed by atoms with Gasteiger partial charge in [0.15, 0.2) is 0 Å². The molecule has 0 unspecified atom stereocenters. The van der Waals surface area contributed by atoms with Gasteiger partial charge in [-0.2, -0.15) is 0 Å². The molecule has 3 heteroatoms. The fraction of sp³-hybridized carbons (Fsp3) is 0.750. The van der Waals surface area contributed by atoms with E-state index in [2.05, 4.69) is 15.9 Å². The summed E-state index contributed by atoms with van der Waals surface area (Å²) in [5.74, 6) is 0.261. The van der Waals surface area contributed by atoms with E-state index >= 15 is 0 Å². The quantitative estimate of drug-likeness (QED) is 0.315. The highest BCUT2D eigenvalue weighted by molar-refractivity contribution is 9.09. The lowest BCUT2D eigenvalue weighted by molar-refractivity contribution is -0.138. The Bertz CT molecular complexity index is 91.7. The molecule has 0 aromatic heterocycles. The summed E-state index contributed by atoms with van der Waals surface area (Å²) < 4.78 is 0. The van der Waals surface area contributed by atoms with Crippen LogP contribution in [0.4, 0.5) is 0 Å². The summed E-state index contributed by atoms with van der Waals surface area (Å²) in [5.41, 5.74) is 0.700. The van der Waals surface area contributed by atoms with E-state index in [0.717, 1.165) is 13.0 Å². The number of likely N-dealkylation sites (tertiary alicyclic amines) is 1. The average Bonchev–Trinajstić information content (AvgIpc) is 1.65. The molecule has 1 aliphatic heterocycles. The van der Waals surface area contributed by atoms with E-state index in [0.29, 0.717) is 5.45 Å². The number of carbonyl (C=O) groups excluding carboxylic acids is 1. The van der Waals surface area contributed by atoms with Crippen LogP contribution in [0, 0.1) is 0 Å². The second-order valence-corrected chi connectivity index (χ2v) is 2.03. The van der Waals surface area contributed by atoms with Crippen molar-refractivity contribution >= 4 is 21.8 Å². The summed E-state index contributed by atoms with van der Waals surface area (Å²) in [4.78, 5) is 12.1. The molecule has 7 heavy (non-hydrogen) atoms. The number of hydrogen-bond acceptors (Lipinski definition) is 1. The minimum atomic E-state index is 0.261. The maximum atomic E-state index is 10.4. The number of halogens is 1. The van der Waals surface area contributed by atoms with Gasteiger partial charge in [0.1, 0.15) is 0 Å². The zero-order chi connectivity index (χ0) is 5.28. The largest absolute Gasteiger partial charge is 0.332 e. The van der Waals surface area contributed by atoms with Crippen molar-refractivity contribution < 1.29 is 4.79 Å². The van der Waals surface area contributed by atoms with Crippen molar-refractivity contribution in [3.63, 3.8) is 0 Å². The molecule has 0 aliphatic carbocycles. The summed E-state index contributed by atoms with van der Waals surface area (Å²) in [6, 6.07) is 0. The van der Waals surface area contributed by atoms with Crippen LogP contribution in [-0.4, -0.2) is 22.8 Å². The first-order valence-corrected chi connectivity index (χ1v) is 3.30. The molecule has 0 bridgehead atoms. The Balaban J connectivity index is 2.29. The van der Waals surface area contributed by atoms with Crippen LogP contribution in [0.15, 0.2) is 0 Å². The standard InChI is InChI=1S/C4H6BrNO/c5-3-6-2-1-4(6)7/h1-3H2. The second-order valence-electron chi connectivity index (χ2n) is 1.53. The van der Waals surface area contributed by atoms with E-state index in [1.807, 2.05) is 0 Å². The number of hydrogen-bond donors (Lipinski definition) is 0. The Morgan fingerprint density at radius 1 is 1.86 bits per heavy atom. The molecule has 1 saturated heterocycles. The summed E-state index contributed by atoms with van der Waals surface area (Å²) in [6.45, 7) is 0.935. The smallest absolute Gasteiger partial charge is 0.225 e. The predicted octanol–water partition coefficient (Wildman–Crippen LogP) is 0.571. The summed E-state index contributed by atoms with van der Waals surface area (Å²) >= 11 is 3.17. The highest BCUT2D eigenvalue weighted by Crippen LogP contribution is 2.08. The van der Waals surface area contributed by atoms with Crippen LogP contribution in [-0.2, 0) is 4.79 Å². The van der Waals surface area contributed by atoms with Gasteiger partial charge in [-0.1, -0.05) is 15.9 Å². The van der Waals surface area contributed by atoms with Crippen LogP contribution in [0.5, 0.6) is 0 Å². The molecule has 0 radical (unpaired) electrons. The molecule has 40 valence electrons. The fourth-order valence-electron chi connectivity index (χ4n) is 0.488. The van der Waals surface area contributed by atoms with E-state index in [4.69, 9.17) is 0 Å². The van der Waals surface area contributed by atoms with Crippen LogP contribution >= 0.6 is 15.9 Å². The molecule has 0 N–H and O–H groups in total. The maximum absolute atomic E-state index is 10.4. The second kappa shape index (κ2) is 1.82. The van der Waals surface area contributed by atoms with E-state index in [1.54, 1.807) is 4.90 Å². The number of rotatable bonds is 1. The molecule has 0 spiro atoms. The van der Waals surface area contributed by atoms with Gasteiger partial charge >= 0.3 is 0 Å². The lowest BCUT2D eigenvalue weighted by Crippen LogP contribution is -2.41. The first kappa shape index (κ1) is 5.09. The zero-order valence-corrected chi connectivity index (χ0v) is 5.44. The number of carbonyl (C=O) groups is 1. The predicted molar refractivity (Wildman–Crippen MR) is 30.1 cm³/mol. The molecule has 1 heterocycles. The maximum Gasteiger partial charge on any atom is 0.225 e. The molecule has 0 saturated carbocycles. The lowest BCUT2D eigenvalue weighted by Gasteiger charge is -2.27. The van der Waals surface area contributed by atoms with Crippen molar-refractivity contribution in [3.05, 3.63) is 0 Å². The van der Waals surface area contributed by atoms with Crippen molar-refractivity contribution in [1.29, 1.82) is 0 Å². The molecular weight excluding hydrogens is 158 g/mol. The molecule has 1 fully saturated rings. The number of alkyl halides is 1. The SMILES string of the molecule is O=C1CCN1CBr. The molecule has 0 aromatic carbocycles. The van der Waals surface area contributed by atoms with Crippen molar-refractivity contribution in [1.82, 2.24) is 4.90 Å². The normalized spacial score (nSPS) is 19.6. The first-order valence-electron chi connectivity index (χ1n) is 2.18. The lowest BCUT2D eigenvalue weighted by atomic mass is 10.2. The van der Waals surface area contributed by atoms with Crippen molar-refractivity contribution in [2.75, 3.05) is 12.0 Å². The van der Waals surface area contributed by atoms with E-state index in [9.17, 15) is 4.79 Å². The van der Waals surface area contributed by atoms with Crippen molar-refractivity contribution in [2.45, 2.75) is 6.42 Å². The van der Waals surface area contributed by atoms with Gasteiger partial charge in [-0.15, -0.1) is 0 Å². The van der Waals surface area contributed by atoms with Gasteiger partial charge in [-0.25, -0.2) is 0 Å². The fourth-order valence-corrected chi connectivity index (χ4v) is 1.02. The Labute approximate surface area is 50.6 Å². The van der Waals surface area contributed by atoms with E-state index < -0.39 is 0 Å². The molecule has 1 aliphatic rings. The monoisotopic (exact) mass is 163 g/mol. The van der Waals surface area contributed by atoms with E-state index in [1.165, 1.54) is 0 Å². The molecular formula is C4H6BrNO. The van der Waals surface area contributed by atoms with Gasteiger partial charge in [0.25, 0.3) is 0 Å². The van der Waals surface area contributed by atoms with Gasteiger partial charge in [0.05, 0.1) is 5.45 Å². The van der Waals surface area contributed by atoms with Crippen LogP contribution in [0.1, 0.15) is 6.42 Å². The van der Waals surface area contributed by atoms with Crippen molar-refractivity contribution in [3.8, 4) is 0 Å². The Kier molecular flexibility index (Phi) is 1.32. The first-order chi connectivity index (χ1) is 3.34. The Morgan fingerprint density at radius 2 is 2.57 bits per heavy atom. The van der Waals surface area contributed by atoms with Gasteiger partial charge in [0.2, 0.25) is 5.91 Å². The van der Waals surface area contributed by atoms with Gasteiger partial charge in [-0.05, 0) is 0 Å². The Hall–Kier alpha value is -0.0500. The number of nitrogens with zero attached hydrogens (tertiary/aromatic N) is 1. The average molecular weight is 164 g/mol. The molecule has 1 amide bonds.